The predicted octanol–water partition coefficient (Wildman–Crippen LogP) is 2.25. The van der Waals surface area contributed by atoms with Crippen LogP contribution >= 0.6 is 11.6 Å². The Kier molecular flexibility index (Phi) is 3.85. The van der Waals surface area contributed by atoms with Crippen molar-refractivity contribution in [3.8, 4) is 5.75 Å². The van der Waals surface area contributed by atoms with Crippen molar-refractivity contribution >= 4 is 23.3 Å². The summed E-state index contributed by atoms with van der Waals surface area (Å²) >= 11 is 6.17. The van der Waals surface area contributed by atoms with Crippen LogP contribution in [0.1, 0.15) is 10.4 Å². The van der Waals surface area contributed by atoms with E-state index in [1.165, 1.54) is 7.11 Å². The fraction of sp³-hybridized carbons (Fsp3) is 0.308. The van der Waals surface area contributed by atoms with Gasteiger partial charge >= 0.3 is 5.97 Å². The van der Waals surface area contributed by atoms with Crippen molar-refractivity contribution < 1.29 is 14.3 Å². The molecule has 1 heterocycles. The van der Waals surface area contributed by atoms with Crippen LogP contribution in [0.25, 0.3) is 0 Å². The second-order valence-electron chi connectivity index (χ2n) is 4.31. The number of carbonyl (C=O) groups is 1. The average Bonchev–Trinajstić information content (AvgIpc) is 2.37. The van der Waals surface area contributed by atoms with E-state index >= 15 is 0 Å². The summed E-state index contributed by atoms with van der Waals surface area (Å²) in [6.07, 6.45) is 1.79. The lowest BCUT2D eigenvalue weighted by molar-refractivity contribution is 0.0601. The fourth-order valence-electron chi connectivity index (χ4n) is 1.71. The molecule has 0 spiro atoms. The molecule has 1 aromatic carbocycles. The number of anilines is 1. The highest BCUT2D eigenvalue weighted by molar-refractivity contribution is 6.23. The summed E-state index contributed by atoms with van der Waals surface area (Å²) < 4.78 is 10.4. The summed E-state index contributed by atoms with van der Waals surface area (Å²) in [6, 6.07) is 5.01. The molecule has 0 aliphatic carbocycles. The van der Waals surface area contributed by atoms with Gasteiger partial charge in [0.25, 0.3) is 0 Å². The molecule has 0 amide bonds. The van der Waals surface area contributed by atoms with E-state index in [1.54, 1.807) is 24.4 Å². The minimum atomic E-state index is -0.484. The summed E-state index contributed by atoms with van der Waals surface area (Å²) in [7, 11) is 5.11. The van der Waals surface area contributed by atoms with E-state index in [-0.39, 0.29) is 0 Å². The van der Waals surface area contributed by atoms with Crippen molar-refractivity contribution in [3.63, 3.8) is 0 Å². The quantitative estimate of drug-likeness (QED) is 0.512. The molecule has 19 heavy (non-hydrogen) atoms. The molecule has 6 heteroatoms. The molecule has 0 aromatic heterocycles. The van der Waals surface area contributed by atoms with Crippen molar-refractivity contribution in [1.29, 1.82) is 0 Å². The molecule has 1 N–H and O–H groups in total. The van der Waals surface area contributed by atoms with Crippen LogP contribution in [0.3, 0.4) is 0 Å². The number of hydrogen-bond donors (Lipinski definition) is 1. The smallest absolute Gasteiger partial charge is 0.337 e. The van der Waals surface area contributed by atoms with Gasteiger partial charge in [0.15, 0.2) is 11.3 Å². The van der Waals surface area contributed by atoms with Crippen molar-refractivity contribution in [2.75, 3.05) is 26.5 Å². The number of fused-ring (bicyclic) bond motifs is 1. The molecule has 2 rings (SSSR count). The molecular weight excluding hydrogens is 268 g/mol. The Morgan fingerprint density at radius 1 is 1.53 bits per heavy atom. The molecule has 102 valence electrons. The maximum Gasteiger partial charge on any atom is 0.337 e. The molecule has 0 fully saturated rings. The average molecular weight is 283 g/mol. The Bertz CT molecular complexity index is 529. The number of ether oxygens (including phenoxy) is 2. The summed E-state index contributed by atoms with van der Waals surface area (Å²) in [5, 5.41) is 3.07. The Morgan fingerprint density at radius 2 is 2.26 bits per heavy atom. The topological polar surface area (TPSA) is 50.8 Å². The first-order valence-electron chi connectivity index (χ1n) is 5.70. The number of nitrogens with one attached hydrogen (secondary N) is 1. The van der Waals surface area contributed by atoms with Crippen LogP contribution in [0.4, 0.5) is 5.69 Å². The molecule has 1 aliphatic rings. The Balaban J connectivity index is 2.31. The zero-order valence-corrected chi connectivity index (χ0v) is 11.7. The summed E-state index contributed by atoms with van der Waals surface area (Å²) in [5.41, 5.74) is 0.628. The van der Waals surface area contributed by atoms with Crippen LogP contribution in [0.2, 0.25) is 0 Å². The standard InChI is InChI=1S/C13H15ClN2O3/c1-16(2)7-11-12(14)15-9-6-8(13(17)18-3)4-5-10(9)19-11/h4-7,12,15H,1-3H3. The third kappa shape index (κ3) is 2.93. The van der Waals surface area contributed by atoms with Crippen molar-refractivity contribution in [3.05, 3.63) is 35.7 Å². The van der Waals surface area contributed by atoms with E-state index in [0.717, 1.165) is 0 Å². The third-order valence-corrected chi connectivity index (χ3v) is 2.87. The number of hydrogen-bond acceptors (Lipinski definition) is 5. The zero-order valence-electron chi connectivity index (χ0n) is 10.9. The molecular formula is C13H15ClN2O3. The molecule has 0 saturated heterocycles. The van der Waals surface area contributed by atoms with Gasteiger partial charge in [0.2, 0.25) is 0 Å². The zero-order chi connectivity index (χ0) is 14.0. The van der Waals surface area contributed by atoms with E-state index in [0.29, 0.717) is 22.8 Å². The van der Waals surface area contributed by atoms with Crippen LogP contribution < -0.4 is 10.1 Å². The van der Waals surface area contributed by atoms with E-state index in [4.69, 9.17) is 16.3 Å². The largest absolute Gasteiger partial charge is 0.465 e. The Morgan fingerprint density at radius 3 is 2.89 bits per heavy atom. The number of methoxy groups -OCH3 is 1. The van der Waals surface area contributed by atoms with Crippen LogP contribution in [0, 0.1) is 0 Å². The van der Waals surface area contributed by atoms with Gasteiger partial charge in [-0.3, -0.25) is 0 Å². The van der Waals surface area contributed by atoms with Crippen molar-refractivity contribution in [1.82, 2.24) is 4.90 Å². The van der Waals surface area contributed by atoms with Crippen LogP contribution in [0.5, 0.6) is 5.75 Å². The highest BCUT2D eigenvalue weighted by atomic mass is 35.5. The third-order valence-electron chi connectivity index (χ3n) is 2.55. The minimum absolute atomic E-state index is 0.398. The van der Waals surface area contributed by atoms with Gasteiger partial charge in [-0.25, -0.2) is 4.79 Å². The number of halogens is 1. The van der Waals surface area contributed by atoms with Crippen LogP contribution in [0.15, 0.2) is 30.2 Å². The molecule has 1 aliphatic heterocycles. The molecule has 5 nitrogen and oxygen atoms in total. The molecule has 0 saturated carbocycles. The second-order valence-corrected chi connectivity index (χ2v) is 4.74. The lowest BCUT2D eigenvalue weighted by Crippen LogP contribution is -2.26. The van der Waals surface area contributed by atoms with Gasteiger partial charge in [-0.05, 0) is 18.2 Å². The fourth-order valence-corrected chi connectivity index (χ4v) is 1.93. The van der Waals surface area contributed by atoms with Gasteiger partial charge < -0.3 is 19.7 Å². The predicted molar refractivity (Wildman–Crippen MR) is 73.4 cm³/mol. The van der Waals surface area contributed by atoms with E-state index in [2.05, 4.69) is 10.1 Å². The number of benzene rings is 1. The number of alkyl halides is 1. The number of rotatable bonds is 2. The second kappa shape index (κ2) is 5.40. The normalized spacial score (nSPS) is 19.2. The van der Waals surface area contributed by atoms with Gasteiger partial charge in [-0.2, -0.15) is 0 Å². The highest BCUT2D eigenvalue weighted by Gasteiger charge is 2.23. The SMILES string of the molecule is COC(=O)c1ccc2c(c1)NC(Cl)C(=CN(C)C)O2. The molecule has 0 radical (unpaired) electrons. The maximum atomic E-state index is 11.4. The minimum Gasteiger partial charge on any atom is -0.465 e. The Labute approximate surface area is 116 Å². The first kappa shape index (κ1) is 13.5. The first-order valence-corrected chi connectivity index (χ1v) is 6.14. The van der Waals surface area contributed by atoms with E-state index in [9.17, 15) is 4.79 Å². The summed E-state index contributed by atoms with van der Waals surface area (Å²) in [5.74, 6) is 0.827. The number of carbonyl (C=O) groups excluding carboxylic acids is 1. The molecule has 1 aromatic rings. The summed E-state index contributed by atoms with van der Waals surface area (Å²) in [6.45, 7) is 0. The van der Waals surface area contributed by atoms with Crippen molar-refractivity contribution in [2.45, 2.75) is 5.50 Å². The van der Waals surface area contributed by atoms with Gasteiger partial charge in [-0.15, -0.1) is 0 Å². The maximum absolute atomic E-state index is 11.4. The van der Waals surface area contributed by atoms with Crippen LogP contribution in [-0.4, -0.2) is 37.6 Å². The monoisotopic (exact) mass is 282 g/mol. The van der Waals surface area contributed by atoms with Gasteiger partial charge in [0.1, 0.15) is 5.75 Å². The first-order chi connectivity index (χ1) is 9.01. The van der Waals surface area contributed by atoms with Gasteiger partial charge in [-0.1, -0.05) is 11.6 Å². The Hall–Kier alpha value is -1.88. The summed E-state index contributed by atoms with van der Waals surface area (Å²) in [4.78, 5) is 13.3. The van der Waals surface area contributed by atoms with E-state index in [1.807, 2.05) is 19.0 Å². The number of nitrogens with zero attached hydrogens (tertiary/aromatic N) is 1. The van der Waals surface area contributed by atoms with Gasteiger partial charge in [0.05, 0.1) is 18.4 Å². The van der Waals surface area contributed by atoms with Crippen molar-refractivity contribution in [2.24, 2.45) is 0 Å². The molecule has 1 atom stereocenters. The molecule has 0 bridgehead atoms. The highest BCUT2D eigenvalue weighted by Crippen LogP contribution is 2.35. The number of esters is 1. The van der Waals surface area contributed by atoms with E-state index < -0.39 is 11.5 Å². The lowest BCUT2D eigenvalue weighted by atomic mass is 10.1. The molecule has 1 unspecified atom stereocenters. The lowest BCUT2D eigenvalue weighted by Gasteiger charge is -2.26. The van der Waals surface area contributed by atoms with Gasteiger partial charge in [0, 0.05) is 20.3 Å². The van der Waals surface area contributed by atoms with Crippen LogP contribution in [-0.2, 0) is 4.74 Å².